The van der Waals surface area contributed by atoms with Crippen LogP contribution in [0.25, 0.3) is 0 Å². The average molecular weight is 370 g/mol. The number of rotatable bonds is 1. The van der Waals surface area contributed by atoms with Crippen LogP contribution in [-0.2, 0) is 31.6 Å². The summed E-state index contributed by atoms with van der Waals surface area (Å²) in [6, 6.07) is 17.2. The van der Waals surface area contributed by atoms with Crippen LogP contribution in [0.1, 0.15) is 49.7 Å². The quantitative estimate of drug-likeness (QED) is 0.575. The van der Waals surface area contributed by atoms with Crippen LogP contribution in [0, 0.1) is 24.7 Å². The molecule has 0 heterocycles. The molecule has 4 fully saturated rings. The average Bonchev–Trinajstić information content (AvgIpc) is 3.10. The first-order chi connectivity index (χ1) is 10.2. The molecule has 1 heteroatoms. The second-order valence-corrected chi connectivity index (χ2v) is 7.84. The van der Waals surface area contributed by atoms with Gasteiger partial charge in [-0.2, -0.15) is 41.5 Å². The molecule has 2 aromatic rings. The van der Waals surface area contributed by atoms with Crippen molar-refractivity contribution in [3.05, 3.63) is 59.7 Å². The number of aryl methyl sites for hydroxylation is 1. The van der Waals surface area contributed by atoms with Gasteiger partial charge in [-0.1, -0.05) is 31.6 Å². The van der Waals surface area contributed by atoms with E-state index < -0.39 is 0 Å². The SMILES string of the molecule is Cc1cc(C23CC4CC(CC(C4)C2)C3)c[cH-]1.[Zr+2].c1cc[cH-]c1. The Hall–Kier alpha value is -0.417. The molecule has 4 bridgehead atoms. The monoisotopic (exact) mass is 368 g/mol. The van der Waals surface area contributed by atoms with E-state index >= 15 is 0 Å². The van der Waals surface area contributed by atoms with Crippen molar-refractivity contribution in [2.45, 2.75) is 50.9 Å². The van der Waals surface area contributed by atoms with Gasteiger partial charge in [-0.3, -0.25) is 0 Å². The van der Waals surface area contributed by atoms with E-state index in [1.54, 1.807) is 24.8 Å². The number of hydrogen-bond acceptors (Lipinski definition) is 0. The first kappa shape index (κ1) is 16.4. The summed E-state index contributed by atoms with van der Waals surface area (Å²) in [4.78, 5) is 0. The van der Waals surface area contributed by atoms with Gasteiger partial charge < -0.3 is 0 Å². The molecule has 0 aliphatic heterocycles. The third-order valence-corrected chi connectivity index (χ3v) is 6.12. The molecule has 4 aliphatic carbocycles. The van der Waals surface area contributed by atoms with Crippen LogP contribution in [0.2, 0.25) is 0 Å². The zero-order chi connectivity index (χ0) is 14.3. The Morgan fingerprint density at radius 3 is 1.86 bits per heavy atom. The minimum absolute atomic E-state index is 0. The zero-order valence-electron chi connectivity index (χ0n) is 13.6. The van der Waals surface area contributed by atoms with Gasteiger partial charge in [-0.25, -0.2) is 18.2 Å². The fourth-order valence-electron chi connectivity index (χ4n) is 5.68. The molecule has 0 amide bonds. The Labute approximate surface area is 154 Å². The minimum atomic E-state index is 0. The molecule has 0 unspecified atom stereocenters. The molecule has 0 radical (unpaired) electrons. The molecule has 0 nitrogen and oxygen atoms in total. The molecule has 4 aliphatic rings. The molecule has 0 N–H and O–H groups in total. The van der Waals surface area contributed by atoms with Gasteiger partial charge in [0.15, 0.2) is 0 Å². The Balaban J connectivity index is 0.000000208. The topological polar surface area (TPSA) is 0 Å². The fourth-order valence-corrected chi connectivity index (χ4v) is 5.68. The normalized spacial score (nSPS) is 34.7. The molecule has 4 saturated carbocycles. The van der Waals surface area contributed by atoms with Gasteiger partial charge in [-0.05, 0) is 37.0 Å². The molecule has 6 rings (SSSR count). The molecule has 2 aromatic carbocycles. The number of hydrogen-bond donors (Lipinski definition) is 0. The standard InChI is InChI=1S/C16H21.C5H5.Zr/c1-11-2-3-15(4-11)16-8-12-5-13(9-16)7-14(6-12)10-16;1-2-4-5-3-1;/h2-4,12-14H,5-10H2,1H3;1-5H;/q2*-1;+2. The first-order valence-corrected chi connectivity index (χ1v) is 8.64. The first-order valence-electron chi connectivity index (χ1n) is 8.64. The summed E-state index contributed by atoms with van der Waals surface area (Å²) >= 11 is 0. The maximum Gasteiger partial charge on any atom is 2.00 e. The van der Waals surface area contributed by atoms with Crippen molar-refractivity contribution in [1.29, 1.82) is 0 Å². The molecule has 0 spiro atoms. The van der Waals surface area contributed by atoms with E-state index in [9.17, 15) is 0 Å². The molecule has 22 heavy (non-hydrogen) atoms. The van der Waals surface area contributed by atoms with Crippen LogP contribution in [0.4, 0.5) is 0 Å². The summed E-state index contributed by atoms with van der Waals surface area (Å²) in [5.41, 5.74) is 3.76. The van der Waals surface area contributed by atoms with E-state index in [0.29, 0.717) is 5.41 Å². The van der Waals surface area contributed by atoms with Gasteiger partial charge >= 0.3 is 26.2 Å². The Morgan fingerprint density at radius 1 is 0.955 bits per heavy atom. The van der Waals surface area contributed by atoms with Gasteiger partial charge in [0.2, 0.25) is 0 Å². The van der Waals surface area contributed by atoms with E-state index in [0.717, 1.165) is 17.8 Å². The Morgan fingerprint density at radius 2 is 1.50 bits per heavy atom. The molecular formula is C21H26Zr. The molecule has 0 saturated heterocycles. The summed E-state index contributed by atoms with van der Waals surface area (Å²) < 4.78 is 0. The van der Waals surface area contributed by atoms with E-state index in [1.165, 1.54) is 24.8 Å². The van der Waals surface area contributed by atoms with Gasteiger partial charge in [0.05, 0.1) is 0 Å². The maximum absolute atomic E-state index is 2.47. The third kappa shape index (κ3) is 3.12. The maximum atomic E-state index is 2.47. The third-order valence-electron chi connectivity index (χ3n) is 6.12. The van der Waals surface area contributed by atoms with Crippen LogP contribution in [-0.4, -0.2) is 0 Å². The largest absolute Gasteiger partial charge is 2.00 e. The summed E-state index contributed by atoms with van der Waals surface area (Å²) in [5, 5.41) is 0. The van der Waals surface area contributed by atoms with Crippen LogP contribution < -0.4 is 0 Å². The van der Waals surface area contributed by atoms with Crippen LogP contribution in [0.5, 0.6) is 0 Å². The van der Waals surface area contributed by atoms with Crippen LogP contribution in [0.15, 0.2) is 48.5 Å². The van der Waals surface area contributed by atoms with Gasteiger partial charge in [0.25, 0.3) is 0 Å². The second-order valence-electron chi connectivity index (χ2n) is 7.84. The van der Waals surface area contributed by atoms with Gasteiger partial charge in [0.1, 0.15) is 0 Å². The van der Waals surface area contributed by atoms with E-state index in [4.69, 9.17) is 0 Å². The van der Waals surface area contributed by atoms with Crippen molar-refractivity contribution >= 4 is 0 Å². The Kier molecular flexibility index (Phi) is 4.93. The second kappa shape index (κ2) is 6.60. The summed E-state index contributed by atoms with van der Waals surface area (Å²) in [6.07, 6.45) is 9.17. The summed E-state index contributed by atoms with van der Waals surface area (Å²) in [7, 11) is 0. The zero-order valence-corrected chi connectivity index (χ0v) is 16.1. The summed E-state index contributed by atoms with van der Waals surface area (Å²) in [6.45, 7) is 2.24. The van der Waals surface area contributed by atoms with Gasteiger partial charge in [0, 0.05) is 0 Å². The van der Waals surface area contributed by atoms with Crippen molar-refractivity contribution in [2.24, 2.45) is 17.8 Å². The molecule has 0 atom stereocenters. The van der Waals surface area contributed by atoms with Crippen LogP contribution in [0.3, 0.4) is 0 Å². The summed E-state index contributed by atoms with van der Waals surface area (Å²) in [5.74, 6) is 3.21. The van der Waals surface area contributed by atoms with Crippen LogP contribution >= 0.6 is 0 Å². The van der Waals surface area contributed by atoms with E-state index in [-0.39, 0.29) is 26.2 Å². The Bertz CT molecular complexity index is 522. The molecule has 114 valence electrons. The predicted molar refractivity (Wildman–Crippen MR) is 88.7 cm³/mol. The van der Waals surface area contributed by atoms with Gasteiger partial charge in [-0.15, -0.1) is 0 Å². The minimum Gasteiger partial charge on any atom is -0.214 e. The molecular weight excluding hydrogens is 343 g/mol. The van der Waals surface area contributed by atoms with Crippen molar-refractivity contribution in [3.63, 3.8) is 0 Å². The fraction of sp³-hybridized carbons (Fsp3) is 0.524. The van der Waals surface area contributed by atoms with E-state index in [1.807, 2.05) is 30.3 Å². The van der Waals surface area contributed by atoms with Crippen molar-refractivity contribution < 1.29 is 26.2 Å². The molecule has 0 aromatic heterocycles. The van der Waals surface area contributed by atoms with E-state index in [2.05, 4.69) is 25.1 Å². The smallest absolute Gasteiger partial charge is 0.214 e. The predicted octanol–water partition coefficient (Wildman–Crippen LogP) is 5.58. The van der Waals surface area contributed by atoms with Crippen molar-refractivity contribution in [2.75, 3.05) is 0 Å². The van der Waals surface area contributed by atoms with Crippen molar-refractivity contribution in [1.82, 2.24) is 0 Å². The van der Waals surface area contributed by atoms with Crippen molar-refractivity contribution in [3.8, 4) is 0 Å².